The van der Waals surface area contributed by atoms with Gasteiger partial charge in [-0.1, -0.05) is 6.07 Å². The van der Waals surface area contributed by atoms with Crippen LogP contribution in [0.2, 0.25) is 0 Å². The third kappa shape index (κ3) is 2.30. The normalized spacial score (nSPS) is 14.1. The highest BCUT2D eigenvalue weighted by Crippen LogP contribution is 2.22. The number of aliphatic hydroxyl groups is 1. The molecular weight excluding hydrogens is 234 g/mol. The van der Waals surface area contributed by atoms with Crippen molar-refractivity contribution >= 4 is 5.65 Å². The van der Waals surface area contributed by atoms with Crippen LogP contribution in [0.25, 0.3) is 5.65 Å². The maximum Gasteiger partial charge on any atom is 0.348 e. The number of rotatable bonds is 2. The molecule has 1 unspecified atom stereocenters. The average Bonchev–Trinajstić information content (AvgIpc) is 2.60. The van der Waals surface area contributed by atoms with E-state index in [1.165, 1.54) is 4.40 Å². The Bertz CT molecular complexity index is 622. The fraction of sp³-hybridized carbons (Fsp3) is 0.500. The van der Waals surface area contributed by atoms with E-state index in [0.29, 0.717) is 11.3 Å². The molecule has 0 aliphatic rings. The highest BCUT2D eigenvalue weighted by Gasteiger charge is 2.21. The fourth-order valence-corrected chi connectivity index (χ4v) is 1.75. The van der Waals surface area contributed by atoms with Crippen molar-refractivity contribution < 1.29 is 9.84 Å². The lowest BCUT2D eigenvalue weighted by molar-refractivity contribution is -0.172. The number of hydrogen-bond donors (Lipinski definition) is 2. The maximum absolute atomic E-state index is 11.7. The molecule has 18 heavy (non-hydrogen) atoms. The second-order valence-electron chi connectivity index (χ2n) is 5.21. The van der Waals surface area contributed by atoms with Crippen LogP contribution in [0.4, 0.5) is 0 Å². The monoisotopic (exact) mass is 251 g/mol. The molecule has 0 radical (unpaired) electrons. The Morgan fingerprint density at radius 2 is 2.11 bits per heavy atom. The Kier molecular flexibility index (Phi) is 3.00. The van der Waals surface area contributed by atoms with Gasteiger partial charge in [0.25, 0.3) is 0 Å². The van der Waals surface area contributed by atoms with E-state index in [4.69, 9.17) is 4.74 Å². The largest absolute Gasteiger partial charge is 0.363 e. The Morgan fingerprint density at radius 1 is 1.44 bits per heavy atom. The quantitative estimate of drug-likeness (QED) is 0.784. The number of pyridine rings is 1. The van der Waals surface area contributed by atoms with E-state index in [-0.39, 0.29) is 5.69 Å². The molecule has 0 fully saturated rings. The molecule has 0 saturated carbocycles. The summed E-state index contributed by atoms with van der Waals surface area (Å²) < 4.78 is 6.78. The molecule has 6 heteroatoms. The van der Waals surface area contributed by atoms with Gasteiger partial charge in [-0.2, -0.15) is 5.10 Å². The lowest BCUT2D eigenvalue weighted by Crippen LogP contribution is -2.25. The maximum atomic E-state index is 11.7. The van der Waals surface area contributed by atoms with Gasteiger partial charge in [0.1, 0.15) is 0 Å². The zero-order chi connectivity index (χ0) is 13.5. The Hall–Kier alpha value is -1.66. The number of fused-ring (bicyclic) bond motifs is 1. The average molecular weight is 251 g/mol. The fourth-order valence-electron chi connectivity index (χ4n) is 1.75. The van der Waals surface area contributed by atoms with E-state index in [1.807, 2.05) is 27.7 Å². The summed E-state index contributed by atoms with van der Waals surface area (Å²) in [4.78, 5) is 11.7. The highest BCUT2D eigenvalue weighted by atomic mass is 16.6. The molecule has 1 atom stereocenters. The van der Waals surface area contributed by atoms with Crippen LogP contribution in [0.1, 0.15) is 38.3 Å². The summed E-state index contributed by atoms with van der Waals surface area (Å²) in [6.45, 7) is 7.34. The predicted molar refractivity (Wildman–Crippen MR) is 66.3 cm³/mol. The van der Waals surface area contributed by atoms with Crippen LogP contribution in [0.15, 0.2) is 16.9 Å². The molecular formula is C12H17N3O3. The molecule has 0 aromatic carbocycles. The Morgan fingerprint density at radius 3 is 2.72 bits per heavy atom. The van der Waals surface area contributed by atoms with Crippen molar-refractivity contribution in [2.75, 3.05) is 0 Å². The SMILES string of the molecule is Cc1ccc(C(O)OC(C)(C)C)n2c(=O)[nH]nc12. The van der Waals surface area contributed by atoms with Crippen LogP contribution in [0.5, 0.6) is 0 Å². The summed E-state index contributed by atoms with van der Waals surface area (Å²) in [7, 11) is 0. The van der Waals surface area contributed by atoms with Crippen molar-refractivity contribution in [1.29, 1.82) is 0 Å². The second-order valence-corrected chi connectivity index (χ2v) is 5.21. The van der Waals surface area contributed by atoms with Crippen molar-refractivity contribution in [3.8, 4) is 0 Å². The molecule has 98 valence electrons. The predicted octanol–water partition coefficient (Wildman–Crippen LogP) is 1.14. The van der Waals surface area contributed by atoms with E-state index in [1.54, 1.807) is 12.1 Å². The molecule has 2 aromatic heterocycles. The number of aromatic nitrogens is 3. The van der Waals surface area contributed by atoms with Gasteiger partial charge >= 0.3 is 5.69 Å². The summed E-state index contributed by atoms with van der Waals surface area (Å²) in [6.07, 6.45) is -1.18. The van der Waals surface area contributed by atoms with Crippen LogP contribution >= 0.6 is 0 Å². The van der Waals surface area contributed by atoms with Gasteiger partial charge < -0.3 is 9.84 Å². The number of aliphatic hydroxyl groups excluding tert-OH is 1. The molecule has 2 N–H and O–H groups in total. The number of aromatic amines is 1. The van der Waals surface area contributed by atoms with Crippen LogP contribution < -0.4 is 5.69 Å². The minimum Gasteiger partial charge on any atom is -0.363 e. The third-order valence-corrected chi connectivity index (χ3v) is 2.51. The van der Waals surface area contributed by atoms with Crippen molar-refractivity contribution in [2.45, 2.75) is 39.6 Å². The summed E-state index contributed by atoms with van der Waals surface area (Å²) in [5.41, 5.74) is 0.808. The standard InChI is InChI=1S/C12H17N3O3/c1-7-5-6-8(10(16)18-12(2,3)4)15-9(7)13-14-11(15)17/h5-6,10,16H,1-4H3,(H,14,17). The molecule has 0 saturated heterocycles. The first-order chi connectivity index (χ1) is 8.29. The molecule has 0 bridgehead atoms. The van der Waals surface area contributed by atoms with Gasteiger partial charge in [0.15, 0.2) is 11.9 Å². The number of nitrogens with one attached hydrogen (secondary N) is 1. The van der Waals surface area contributed by atoms with Gasteiger partial charge in [-0.05, 0) is 39.3 Å². The van der Waals surface area contributed by atoms with E-state index in [0.717, 1.165) is 5.56 Å². The lowest BCUT2D eigenvalue weighted by atomic mass is 10.2. The first kappa shape index (κ1) is 12.8. The summed E-state index contributed by atoms with van der Waals surface area (Å²) >= 11 is 0. The topological polar surface area (TPSA) is 79.6 Å². The summed E-state index contributed by atoms with van der Waals surface area (Å²) in [5.74, 6) is 0. The molecule has 0 amide bonds. The van der Waals surface area contributed by atoms with Gasteiger partial charge in [0.2, 0.25) is 0 Å². The molecule has 0 aliphatic carbocycles. The Labute approximate surface area is 104 Å². The number of ether oxygens (including phenoxy) is 1. The van der Waals surface area contributed by atoms with Crippen LogP contribution in [-0.4, -0.2) is 25.3 Å². The van der Waals surface area contributed by atoms with Gasteiger partial charge in [-0.25, -0.2) is 14.3 Å². The van der Waals surface area contributed by atoms with Crippen LogP contribution in [0, 0.1) is 6.92 Å². The summed E-state index contributed by atoms with van der Waals surface area (Å²) in [5, 5.41) is 16.3. The van der Waals surface area contributed by atoms with Crippen molar-refractivity contribution in [3.63, 3.8) is 0 Å². The number of hydrogen-bond acceptors (Lipinski definition) is 4. The first-order valence-electron chi connectivity index (χ1n) is 5.72. The second kappa shape index (κ2) is 4.22. The minimum absolute atomic E-state index is 0.365. The molecule has 0 aliphatic heterocycles. The van der Waals surface area contributed by atoms with Gasteiger partial charge in [0.05, 0.1) is 11.3 Å². The van der Waals surface area contributed by atoms with E-state index >= 15 is 0 Å². The van der Waals surface area contributed by atoms with Gasteiger partial charge in [-0.15, -0.1) is 0 Å². The van der Waals surface area contributed by atoms with Crippen molar-refractivity contribution in [2.24, 2.45) is 0 Å². The molecule has 6 nitrogen and oxygen atoms in total. The number of nitrogens with zero attached hydrogens (tertiary/aromatic N) is 2. The number of aryl methyl sites for hydroxylation is 1. The first-order valence-corrected chi connectivity index (χ1v) is 5.72. The lowest BCUT2D eigenvalue weighted by Gasteiger charge is -2.24. The summed E-state index contributed by atoms with van der Waals surface area (Å²) in [6, 6.07) is 3.45. The highest BCUT2D eigenvalue weighted by molar-refractivity contribution is 5.47. The molecule has 2 heterocycles. The third-order valence-electron chi connectivity index (χ3n) is 2.51. The van der Waals surface area contributed by atoms with Gasteiger partial charge in [-0.3, -0.25) is 0 Å². The van der Waals surface area contributed by atoms with Crippen molar-refractivity contribution in [1.82, 2.24) is 14.6 Å². The smallest absolute Gasteiger partial charge is 0.348 e. The van der Waals surface area contributed by atoms with Gasteiger partial charge in [0, 0.05) is 0 Å². The molecule has 0 spiro atoms. The molecule has 2 rings (SSSR count). The van der Waals surface area contributed by atoms with E-state index in [9.17, 15) is 9.90 Å². The van der Waals surface area contributed by atoms with Crippen LogP contribution in [-0.2, 0) is 4.74 Å². The van der Waals surface area contributed by atoms with E-state index in [2.05, 4.69) is 10.2 Å². The zero-order valence-corrected chi connectivity index (χ0v) is 10.9. The minimum atomic E-state index is -1.18. The Balaban J connectivity index is 2.55. The van der Waals surface area contributed by atoms with Crippen LogP contribution in [0.3, 0.4) is 0 Å². The van der Waals surface area contributed by atoms with Crippen molar-refractivity contribution in [3.05, 3.63) is 33.9 Å². The van der Waals surface area contributed by atoms with E-state index < -0.39 is 11.9 Å². The molecule has 2 aromatic rings. The number of H-pyrrole nitrogens is 1. The zero-order valence-electron chi connectivity index (χ0n) is 10.9.